The second-order valence-corrected chi connectivity index (χ2v) is 7.48. The van der Waals surface area contributed by atoms with Crippen molar-refractivity contribution in [1.29, 1.82) is 0 Å². The van der Waals surface area contributed by atoms with Gasteiger partial charge >= 0.3 is 0 Å². The fourth-order valence-electron chi connectivity index (χ4n) is 3.87. The van der Waals surface area contributed by atoms with E-state index >= 15 is 0 Å². The molecule has 1 atom stereocenters. The molecule has 7 heteroatoms. The molecule has 0 aliphatic carbocycles. The van der Waals surface area contributed by atoms with Crippen molar-refractivity contribution in [3.8, 4) is 17.1 Å². The molecule has 0 bridgehead atoms. The summed E-state index contributed by atoms with van der Waals surface area (Å²) in [5.74, 6) is 3.03. The third-order valence-corrected chi connectivity index (χ3v) is 5.41. The average Bonchev–Trinajstić information content (AvgIpc) is 3.44. The first-order chi connectivity index (χ1) is 14.3. The number of aromatic nitrogens is 6. The van der Waals surface area contributed by atoms with Gasteiger partial charge in [0, 0.05) is 25.2 Å². The molecule has 0 saturated carbocycles. The summed E-state index contributed by atoms with van der Waals surface area (Å²) in [4.78, 5) is 10.5. The van der Waals surface area contributed by atoms with Crippen LogP contribution in [0.15, 0.2) is 60.9 Å². The maximum absolute atomic E-state index is 4.67. The molecule has 1 saturated heterocycles. The molecular formula is C22H23N7. The van der Waals surface area contributed by atoms with Crippen LogP contribution in [0.25, 0.3) is 17.1 Å². The Bertz CT molecular complexity index is 1080. The number of hydrogen-bond donors (Lipinski definition) is 1. The van der Waals surface area contributed by atoms with Crippen molar-refractivity contribution in [2.24, 2.45) is 0 Å². The van der Waals surface area contributed by atoms with Gasteiger partial charge in [-0.25, -0.2) is 9.67 Å². The highest BCUT2D eigenvalue weighted by Gasteiger charge is 2.25. The molecule has 29 heavy (non-hydrogen) atoms. The van der Waals surface area contributed by atoms with Crippen molar-refractivity contribution in [3.63, 3.8) is 0 Å². The average molecular weight is 385 g/mol. The molecule has 146 valence electrons. The van der Waals surface area contributed by atoms with E-state index < -0.39 is 0 Å². The Morgan fingerprint density at radius 2 is 1.83 bits per heavy atom. The molecule has 5 rings (SSSR count). The molecule has 0 amide bonds. The molecule has 3 aromatic heterocycles. The standard InChI is InChI=1S/C22H23N7/c1-16-11-13-29(27-16)21-10-9-20(25-26-21)28-12-5-8-18(15-28)22-23-14-19(24-22)17-6-3-2-4-7-17/h2-4,6-7,9-11,13-14,18H,5,8,12,15H2,1H3,(H,23,24). The minimum atomic E-state index is 0.358. The summed E-state index contributed by atoms with van der Waals surface area (Å²) in [7, 11) is 0. The van der Waals surface area contributed by atoms with Gasteiger partial charge in [-0.05, 0) is 43.5 Å². The third-order valence-electron chi connectivity index (χ3n) is 5.41. The van der Waals surface area contributed by atoms with E-state index in [1.807, 2.05) is 55.7 Å². The van der Waals surface area contributed by atoms with Crippen molar-refractivity contribution in [2.75, 3.05) is 18.0 Å². The summed E-state index contributed by atoms with van der Waals surface area (Å²) in [5, 5.41) is 13.2. The van der Waals surface area contributed by atoms with Crippen LogP contribution in [0, 0.1) is 6.92 Å². The predicted octanol–water partition coefficient (Wildman–Crippen LogP) is 3.74. The van der Waals surface area contributed by atoms with Gasteiger partial charge in [-0.15, -0.1) is 10.2 Å². The molecular weight excluding hydrogens is 362 g/mol. The number of hydrogen-bond acceptors (Lipinski definition) is 5. The zero-order chi connectivity index (χ0) is 19.6. The highest BCUT2D eigenvalue weighted by molar-refractivity contribution is 5.58. The molecule has 1 fully saturated rings. The van der Waals surface area contributed by atoms with E-state index in [0.29, 0.717) is 5.92 Å². The highest BCUT2D eigenvalue weighted by Crippen LogP contribution is 2.29. The lowest BCUT2D eigenvalue weighted by atomic mass is 9.97. The lowest BCUT2D eigenvalue weighted by Gasteiger charge is -2.32. The van der Waals surface area contributed by atoms with Crippen molar-refractivity contribution in [1.82, 2.24) is 29.9 Å². The number of piperidine rings is 1. The van der Waals surface area contributed by atoms with Crippen molar-refractivity contribution >= 4 is 5.82 Å². The van der Waals surface area contributed by atoms with Crippen LogP contribution in [-0.2, 0) is 0 Å². The maximum atomic E-state index is 4.67. The zero-order valence-corrected chi connectivity index (χ0v) is 16.4. The van der Waals surface area contributed by atoms with Gasteiger partial charge in [-0.3, -0.25) is 0 Å². The summed E-state index contributed by atoms with van der Waals surface area (Å²) in [6.07, 6.45) is 6.06. The van der Waals surface area contributed by atoms with Crippen LogP contribution < -0.4 is 4.90 Å². The van der Waals surface area contributed by atoms with E-state index in [4.69, 9.17) is 0 Å². The van der Waals surface area contributed by atoms with Gasteiger partial charge in [-0.1, -0.05) is 30.3 Å². The summed E-state index contributed by atoms with van der Waals surface area (Å²) in [5.41, 5.74) is 3.19. The molecule has 0 spiro atoms. The molecule has 0 radical (unpaired) electrons. The molecule has 4 heterocycles. The summed E-state index contributed by atoms with van der Waals surface area (Å²) < 4.78 is 1.75. The molecule has 4 aromatic rings. The van der Waals surface area contributed by atoms with Crippen molar-refractivity contribution in [2.45, 2.75) is 25.7 Å². The Balaban J connectivity index is 1.31. The van der Waals surface area contributed by atoms with Crippen LogP contribution in [0.4, 0.5) is 5.82 Å². The first kappa shape index (κ1) is 17.6. The minimum Gasteiger partial charge on any atom is -0.354 e. The molecule has 7 nitrogen and oxygen atoms in total. The van der Waals surface area contributed by atoms with Crippen LogP contribution in [-0.4, -0.2) is 43.0 Å². The predicted molar refractivity (Wildman–Crippen MR) is 112 cm³/mol. The molecule has 1 aliphatic rings. The van der Waals surface area contributed by atoms with Gasteiger partial charge in [0.2, 0.25) is 0 Å². The number of rotatable bonds is 4. The van der Waals surface area contributed by atoms with Crippen LogP contribution in [0.3, 0.4) is 0 Å². The lowest BCUT2D eigenvalue weighted by molar-refractivity contribution is 0.490. The van der Waals surface area contributed by atoms with Crippen molar-refractivity contribution in [3.05, 3.63) is 72.4 Å². The lowest BCUT2D eigenvalue weighted by Crippen LogP contribution is -2.35. The van der Waals surface area contributed by atoms with Crippen LogP contribution in [0.1, 0.15) is 30.3 Å². The van der Waals surface area contributed by atoms with E-state index in [9.17, 15) is 0 Å². The first-order valence-corrected chi connectivity index (χ1v) is 9.98. The molecule has 1 aromatic carbocycles. The van der Waals surface area contributed by atoms with E-state index in [0.717, 1.165) is 60.3 Å². The van der Waals surface area contributed by atoms with Gasteiger partial charge in [0.1, 0.15) is 5.82 Å². The summed E-state index contributed by atoms with van der Waals surface area (Å²) >= 11 is 0. The van der Waals surface area contributed by atoms with Crippen LogP contribution in [0.2, 0.25) is 0 Å². The topological polar surface area (TPSA) is 75.5 Å². The van der Waals surface area contributed by atoms with Crippen LogP contribution in [0.5, 0.6) is 0 Å². The van der Waals surface area contributed by atoms with Gasteiger partial charge in [0.25, 0.3) is 0 Å². The van der Waals surface area contributed by atoms with E-state index in [1.165, 1.54) is 0 Å². The SMILES string of the molecule is Cc1ccn(-c2ccc(N3CCCC(c4ncc(-c5ccccc5)[nH]4)C3)nn2)n1. The third kappa shape index (κ3) is 3.63. The Kier molecular flexibility index (Phi) is 4.56. The number of anilines is 1. The molecule has 1 unspecified atom stereocenters. The Morgan fingerprint density at radius 1 is 1.00 bits per heavy atom. The molecule has 1 aliphatic heterocycles. The summed E-state index contributed by atoms with van der Waals surface area (Å²) in [6, 6.07) is 16.3. The van der Waals surface area contributed by atoms with Gasteiger partial charge < -0.3 is 9.88 Å². The largest absolute Gasteiger partial charge is 0.354 e. The monoisotopic (exact) mass is 385 g/mol. The fourth-order valence-corrected chi connectivity index (χ4v) is 3.87. The maximum Gasteiger partial charge on any atom is 0.175 e. The van der Waals surface area contributed by atoms with Gasteiger partial charge in [-0.2, -0.15) is 5.10 Å². The molecule has 1 N–H and O–H groups in total. The Hall–Kier alpha value is -3.48. The number of aromatic amines is 1. The number of nitrogens with zero attached hydrogens (tertiary/aromatic N) is 6. The number of imidazole rings is 1. The van der Waals surface area contributed by atoms with Crippen LogP contribution >= 0.6 is 0 Å². The zero-order valence-electron chi connectivity index (χ0n) is 16.4. The van der Waals surface area contributed by atoms with Gasteiger partial charge in [0.05, 0.1) is 17.6 Å². The summed E-state index contributed by atoms with van der Waals surface area (Å²) in [6.45, 7) is 3.83. The smallest absolute Gasteiger partial charge is 0.175 e. The number of aryl methyl sites for hydroxylation is 1. The van der Waals surface area contributed by atoms with E-state index in [1.54, 1.807) is 4.68 Å². The number of nitrogens with one attached hydrogen (secondary N) is 1. The van der Waals surface area contributed by atoms with Gasteiger partial charge in [0.15, 0.2) is 11.6 Å². The fraction of sp³-hybridized carbons (Fsp3) is 0.273. The number of benzene rings is 1. The number of H-pyrrole nitrogens is 1. The Morgan fingerprint density at radius 3 is 2.59 bits per heavy atom. The normalized spacial score (nSPS) is 16.9. The Labute approximate surface area is 169 Å². The van der Waals surface area contributed by atoms with E-state index in [-0.39, 0.29) is 0 Å². The second-order valence-electron chi connectivity index (χ2n) is 7.48. The quantitative estimate of drug-likeness (QED) is 0.579. The van der Waals surface area contributed by atoms with E-state index in [2.05, 4.69) is 42.3 Å². The highest BCUT2D eigenvalue weighted by atomic mass is 15.4. The van der Waals surface area contributed by atoms with Crippen molar-refractivity contribution < 1.29 is 0 Å². The first-order valence-electron chi connectivity index (χ1n) is 9.98. The second kappa shape index (κ2) is 7.50. The minimum absolute atomic E-state index is 0.358.